The van der Waals surface area contributed by atoms with Gasteiger partial charge in [-0.1, -0.05) is 23.7 Å². The molecule has 2 amide bonds. The molecule has 2 fully saturated rings. The van der Waals surface area contributed by atoms with Crippen LogP contribution in [0.5, 0.6) is 0 Å². The second kappa shape index (κ2) is 5.85. The largest absolute Gasteiger partial charge is 0.336 e. The summed E-state index contributed by atoms with van der Waals surface area (Å²) in [4.78, 5) is 13.8. The van der Waals surface area contributed by atoms with Crippen molar-refractivity contribution < 1.29 is 4.79 Å². The predicted molar refractivity (Wildman–Crippen MR) is 84.5 cm³/mol. The second-order valence-electron chi connectivity index (χ2n) is 6.15. The molecule has 3 rings (SSSR count). The average Bonchev–Trinajstić information content (AvgIpc) is 2.93. The summed E-state index contributed by atoms with van der Waals surface area (Å²) in [5.74, 6) is 0. The van der Waals surface area contributed by atoms with Crippen molar-refractivity contribution in [1.29, 1.82) is 0 Å². The lowest BCUT2D eigenvalue weighted by Crippen LogP contribution is -2.46. The maximum Gasteiger partial charge on any atom is 0.317 e. The maximum absolute atomic E-state index is 11.8. The highest BCUT2D eigenvalue weighted by Gasteiger charge is 2.39. The van der Waals surface area contributed by atoms with E-state index in [1.54, 1.807) is 0 Å². The zero-order chi connectivity index (χ0) is 14.9. The van der Waals surface area contributed by atoms with Gasteiger partial charge in [-0.05, 0) is 43.4 Å². The van der Waals surface area contributed by atoms with Crippen LogP contribution in [-0.2, 0) is 5.41 Å². The quantitative estimate of drug-likeness (QED) is 0.901. The molecule has 4 nitrogen and oxygen atoms in total. The van der Waals surface area contributed by atoms with Gasteiger partial charge in [0.1, 0.15) is 0 Å². The van der Waals surface area contributed by atoms with Crippen molar-refractivity contribution in [2.75, 3.05) is 19.6 Å². The first-order valence-electron chi connectivity index (χ1n) is 7.65. The van der Waals surface area contributed by atoms with Crippen LogP contribution in [0.2, 0.25) is 5.02 Å². The predicted octanol–water partition coefficient (Wildman–Crippen LogP) is 2.50. The maximum atomic E-state index is 11.8. The zero-order valence-corrected chi connectivity index (χ0v) is 12.9. The normalized spacial score (nSPS) is 29.5. The smallest absolute Gasteiger partial charge is 0.317 e. The van der Waals surface area contributed by atoms with E-state index >= 15 is 0 Å². The summed E-state index contributed by atoms with van der Waals surface area (Å²) < 4.78 is 0. The number of nitrogens with two attached hydrogens (primary N) is 1. The van der Waals surface area contributed by atoms with E-state index in [2.05, 4.69) is 11.4 Å². The van der Waals surface area contributed by atoms with Gasteiger partial charge in [0.05, 0.1) is 0 Å². The highest BCUT2D eigenvalue weighted by Crippen LogP contribution is 2.40. The van der Waals surface area contributed by atoms with Crippen LogP contribution in [0.4, 0.5) is 4.79 Å². The van der Waals surface area contributed by atoms with Crippen LogP contribution in [-0.4, -0.2) is 36.6 Å². The Balaban J connectivity index is 1.74. The summed E-state index contributed by atoms with van der Waals surface area (Å²) in [7, 11) is 0. The van der Waals surface area contributed by atoms with Gasteiger partial charge in [0.2, 0.25) is 0 Å². The molecule has 0 radical (unpaired) electrons. The first kappa shape index (κ1) is 14.7. The third-order valence-electron chi connectivity index (χ3n) is 5.07. The Morgan fingerprint density at radius 2 is 2.14 bits per heavy atom. The Bertz CT molecular complexity index is 526. The molecule has 2 aliphatic rings. The molecule has 0 atom stereocenters. The number of nitrogens with zero attached hydrogens (tertiary/aromatic N) is 1. The number of carbonyl (C=O) groups excluding carboxylic acids is 1. The monoisotopic (exact) mass is 307 g/mol. The van der Waals surface area contributed by atoms with Crippen molar-refractivity contribution in [3.8, 4) is 0 Å². The van der Waals surface area contributed by atoms with Crippen molar-refractivity contribution >= 4 is 17.6 Å². The van der Waals surface area contributed by atoms with Gasteiger partial charge in [0.15, 0.2) is 0 Å². The van der Waals surface area contributed by atoms with Crippen molar-refractivity contribution in [3.05, 3.63) is 34.9 Å². The molecule has 1 aliphatic heterocycles. The molecular formula is C16H22ClN3O. The minimum Gasteiger partial charge on any atom is -0.336 e. The van der Waals surface area contributed by atoms with Gasteiger partial charge in [-0.25, -0.2) is 4.79 Å². The third-order valence-corrected chi connectivity index (χ3v) is 5.31. The van der Waals surface area contributed by atoms with Gasteiger partial charge in [-0.3, -0.25) is 0 Å². The summed E-state index contributed by atoms with van der Waals surface area (Å²) in [5.41, 5.74) is 7.36. The molecular weight excluding hydrogens is 286 g/mol. The summed E-state index contributed by atoms with van der Waals surface area (Å²) in [6, 6.07) is 8.50. The van der Waals surface area contributed by atoms with E-state index in [9.17, 15) is 4.79 Å². The Labute approximate surface area is 130 Å². The van der Waals surface area contributed by atoms with E-state index in [0.717, 1.165) is 43.8 Å². The fourth-order valence-electron chi connectivity index (χ4n) is 3.73. The van der Waals surface area contributed by atoms with E-state index in [-0.39, 0.29) is 11.4 Å². The summed E-state index contributed by atoms with van der Waals surface area (Å²) in [5, 5.41) is 3.65. The minimum atomic E-state index is 0.0115. The molecule has 5 heteroatoms. The number of carbonyl (C=O) groups is 1. The van der Waals surface area contributed by atoms with Crippen LogP contribution < -0.4 is 11.1 Å². The molecule has 21 heavy (non-hydrogen) atoms. The molecule has 1 heterocycles. The Kier molecular flexibility index (Phi) is 4.09. The van der Waals surface area contributed by atoms with Crippen LogP contribution in [0.25, 0.3) is 0 Å². The molecule has 1 aromatic rings. The Morgan fingerprint density at radius 1 is 1.38 bits per heavy atom. The van der Waals surface area contributed by atoms with Crippen LogP contribution in [0.1, 0.15) is 31.2 Å². The highest BCUT2D eigenvalue weighted by molar-refractivity contribution is 6.30. The van der Waals surface area contributed by atoms with Gasteiger partial charge in [-0.15, -0.1) is 0 Å². The van der Waals surface area contributed by atoms with Gasteiger partial charge >= 0.3 is 6.03 Å². The standard InChI is InChI=1S/C16H22ClN3O/c17-13-3-1-2-12(10-13)16(11-18)6-4-14(5-7-16)20-9-8-19-15(20)21/h1-3,10,14H,4-9,11,18H2,(H,19,21). The lowest BCUT2D eigenvalue weighted by molar-refractivity contribution is 0.154. The molecule has 0 bridgehead atoms. The molecule has 0 spiro atoms. The Morgan fingerprint density at radius 3 is 2.71 bits per heavy atom. The van der Waals surface area contributed by atoms with E-state index in [4.69, 9.17) is 17.3 Å². The number of benzene rings is 1. The van der Waals surface area contributed by atoms with Crippen molar-refractivity contribution in [2.24, 2.45) is 5.73 Å². The summed E-state index contributed by atoms with van der Waals surface area (Å²) >= 11 is 6.13. The fourth-order valence-corrected chi connectivity index (χ4v) is 3.92. The van der Waals surface area contributed by atoms with E-state index in [1.807, 2.05) is 23.1 Å². The van der Waals surface area contributed by atoms with Gasteiger partial charge in [-0.2, -0.15) is 0 Å². The van der Waals surface area contributed by atoms with Crippen molar-refractivity contribution in [3.63, 3.8) is 0 Å². The molecule has 1 saturated heterocycles. The van der Waals surface area contributed by atoms with E-state index in [1.165, 1.54) is 5.56 Å². The number of rotatable bonds is 3. The number of urea groups is 1. The third kappa shape index (κ3) is 2.74. The van der Waals surface area contributed by atoms with Crippen LogP contribution >= 0.6 is 11.6 Å². The molecule has 114 valence electrons. The first-order chi connectivity index (χ1) is 10.1. The van der Waals surface area contributed by atoms with Crippen molar-refractivity contribution in [2.45, 2.75) is 37.1 Å². The van der Waals surface area contributed by atoms with E-state index in [0.29, 0.717) is 12.6 Å². The zero-order valence-electron chi connectivity index (χ0n) is 12.1. The molecule has 3 N–H and O–H groups in total. The summed E-state index contributed by atoms with van der Waals surface area (Å²) in [6.45, 7) is 2.23. The molecule has 0 unspecified atom stereocenters. The number of nitrogens with one attached hydrogen (secondary N) is 1. The number of halogens is 1. The fraction of sp³-hybridized carbons (Fsp3) is 0.562. The summed E-state index contributed by atoms with van der Waals surface area (Å²) in [6.07, 6.45) is 4.05. The first-order valence-corrected chi connectivity index (χ1v) is 8.03. The van der Waals surface area contributed by atoms with Gasteiger partial charge in [0.25, 0.3) is 0 Å². The van der Waals surface area contributed by atoms with Crippen LogP contribution in [0.3, 0.4) is 0 Å². The van der Waals surface area contributed by atoms with Crippen molar-refractivity contribution in [1.82, 2.24) is 10.2 Å². The minimum absolute atomic E-state index is 0.0115. The molecule has 1 aliphatic carbocycles. The number of amides is 2. The lowest BCUT2D eigenvalue weighted by Gasteiger charge is -2.42. The number of hydrogen-bond donors (Lipinski definition) is 2. The van der Waals surface area contributed by atoms with Gasteiger partial charge < -0.3 is 16.0 Å². The second-order valence-corrected chi connectivity index (χ2v) is 6.59. The van der Waals surface area contributed by atoms with Crippen LogP contribution in [0, 0.1) is 0 Å². The molecule has 0 aromatic heterocycles. The van der Waals surface area contributed by atoms with Crippen LogP contribution in [0.15, 0.2) is 24.3 Å². The lowest BCUT2D eigenvalue weighted by atomic mass is 9.68. The molecule has 1 aromatic carbocycles. The SMILES string of the molecule is NCC1(c2cccc(Cl)c2)CCC(N2CCNC2=O)CC1. The topological polar surface area (TPSA) is 58.4 Å². The highest BCUT2D eigenvalue weighted by atomic mass is 35.5. The Hall–Kier alpha value is -1.26. The number of hydrogen-bond acceptors (Lipinski definition) is 2. The van der Waals surface area contributed by atoms with E-state index < -0.39 is 0 Å². The average molecular weight is 308 g/mol. The molecule has 1 saturated carbocycles. The van der Waals surface area contributed by atoms with Gasteiger partial charge in [0, 0.05) is 36.1 Å².